The van der Waals surface area contributed by atoms with Crippen molar-refractivity contribution in [3.05, 3.63) is 18.2 Å². The number of carbonyl (C=O) groups is 1. The van der Waals surface area contributed by atoms with Crippen LogP contribution in [0.25, 0.3) is 0 Å². The minimum absolute atomic E-state index is 0.0381. The van der Waals surface area contributed by atoms with Gasteiger partial charge in [0, 0.05) is 17.2 Å². The lowest BCUT2D eigenvalue weighted by atomic mass is 10.1. The lowest BCUT2D eigenvalue weighted by molar-refractivity contribution is -0.121. The molecule has 1 aromatic rings. The summed E-state index contributed by atoms with van der Waals surface area (Å²) in [5.74, 6) is 0.933. The summed E-state index contributed by atoms with van der Waals surface area (Å²) in [5.41, 5.74) is 0.686. The molecule has 0 bridgehead atoms. The van der Waals surface area contributed by atoms with Gasteiger partial charge in [0.15, 0.2) is 15.0 Å². The van der Waals surface area contributed by atoms with E-state index in [-0.39, 0.29) is 34.6 Å². The van der Waals surface area contributed by atoms with E-state index in [1.165, 1.54) is 11.8 Å². The van der Waals surface area contributed by atoms with Gasteiger partial charge in [0.25, 0.3) is 5.91 Å². The monoisotopic (exact) mass is 412 g/mol. The SMILES string of the molecule is CC[C@H](C)C(=O)N=C1S[C@H]2CS(=O)(=O)C[C@@H]2N1c1ccc(OC)cc1OC. The summed E-state index contributed by atoms with van der Waals surface area (Å²) in [7, 11) is -0.00565. The molecular formula is C18H24N2O5S2. The van der Waals surface area contributed by atoms with Gasteiger partial charge in [-0.2, -0.15) is 4.99 Å². The van der Waals surface area contributed by atoms with Crippen LogP contribution in [-0.4, -0.2) is 56.5 Å². The zero-order valence-corrected chi connectivity index (χ0v) is 17.5. The predicted molar refractivity (Wildman–Crippen MR) is 108 cm³/mol. The van der Waals surface area contributed by atoms with Crippen LogP contribution in [0, 0.1) is 5.92 Å². The average Bonchev–Trinajstić information content (AvgIpc) is 3.11. The maximum atomic E-state index is 12.4. The minimum atomic E-state index is -3.12. The summed E-state index contributed by atoms with van der Waals surface area (Å²) in [6.45, 7) is 3.78. The third-order valence-electron chi connectivity index (χ3n) is 4.95. The standard InChI is InChI=1S/C18H24N2O5S2/c1-5-11(2)17(21)19-18-20(14-9-27(22,23)10-16(14)26-18)13-7-6-12(24-3)8-15(13)25-4/h6-8,11,14,16H,5,9-10H2,1-4H3/t11-,14-,16-/m0/s1. The predicted octanol–water partition coefficient (Wildman–Crippen LogP) is 2.35. The van der Waals surface area contributed by atoms with Gasteiger partial charge in [0.1, 0.15) is 11.5 Å². The molecule has 2 heterocycles. The lowest BCUT2D eigenvalue weighted by Gasteiger charge is -2.26. The molecule has 148 valence electrons. The van der Waals surface area contributed by atoms with Crippen molar-refractivity contribution < 1.29 is 22.7 Å². The van der Waals surface area contributed by atoms with E-state index in [0.717, 1.165) is 0 Å². The van der Waals surface area contributed by atoms with E-state index in [2.05, 4.69) is 4.99 Å². The van der Waals surface area contributed by atoms with Crippen LogP contribution in [0.3, 0.4) is 0 Å². The fourth-order valence-electron chi connectivity index (χ4n) is 3.21. The lowest BCUT2D eigenvalue weighted by Crippen LogP contribution is -2.38. The molecule has 9 heteroatoms. The number of carbonyl (C=O) groups excluding carboxylic acids is 1. The van der Waals surface area contributed by atoms with E-state index < -0.39 is 9.84 Å². The van der Waals surface area contributed by atoms with Crippen LogP contribution in [0.2, 0.25) is 0 Å². The number of thioether (sulfide) groups is 1. The zero-order valence-electron chi connectivity index (χ0n) is 15.8. The molecule has 0 aromatic heterocycles. The first kappa shape index (κ1) is 20.0. The maximum absolute atomic E-state index is 12.4. The van der Waals surface area contributed by atoms with Crippen LogP contribution < -0.4 is 14.4 Å². The quantitative estimate of drug-likeness (QED) is 0.734. The molecule has 0 radical (unpaired) electrons. The van der Waals surface area contributed by atoms with Crippen molar-refractivity contribution in [3.63, 3.8) is 0 Å². The molecule has 1 amide bonds. The smallest absolute Gasteiger partial charge is 0.250 e. The van der Waals surface area contributed by atoms with Crippen LogP contribution in [-0.2, 0) is 14.6 Å². The highest BCUT2D eigenvalue weighted by atomic mass is 32.2. The Morgan fingerprint density at radius 3 is 2.70 bits per heavy atom. The fraction of sp³-hybridized carbons (Fsp3) is 0.556. The van der Waals surface area contributed by atoms with Crippen molar-refractivity contribution in [1.29, 1.82) is 0 Å². The van der Waals surface area contributed by atoms with E-state index in [1.807, 2.05) is 24.8 Å². The summed E-state index contributed by atoms with van der Waals surface area (Å²) in [4.78, 5) is 18.6. The number of amidine groups is 1. The maximum Gasteiger partial charge on any atom is 0.250 e. The Kier molecular flexibility index (Phi) is 5.71. The van der Waals surface area contributed by atoms with E-state index >= 15 is 0 Å². The average molecular weight is 413 g/mol. The largest absolute Gasteiger partial charge is 0.497 e. The second-order valence-corrected chi connectivity index (χ2v) is 10.1. The number of anilines is 1. The first-order valence-electron chi connectivity index (χ1n) is 8.80. The van der Waals surface area contributed by atoms with Crippen LogP contribution in [0.4, 0.5) is 5.69 Å². The second-order valence-electron chi connectivity index (χ2n) is 6.75. The van der Waals surface area contributed by atoms with Crippen molar-refractivity contribution in [2.45, 2.75) is 31.6 Å². The third kappa shape index (κ3) is 3.94. The number of fused-ring (bicyclic) bond motifs is 1. The Labute approximate surface area is 164 Å². The highest BCUT2D eigenvalue weighted by Crippen LogP contribution is 2.44. The van der Waals surface area contributed by atoms with Crippen LogP contribution >= 0.6 is 11.8 Å². The number of aliphatic imine (C=N–C) groups is 1. The Balaban J connectivity index is 2.06. The van der Waals surface area contributed by atoms with Crippen LogP contribution in [0.5, 0.6) is 11.5 Å². The van der Waals surface area contributed by atoms with Crippen LogP contribution in [0.15, 0.2) is 23.2 Å². The highest BCUT2D eigenvalue weighted by molar-refractivity contribution is 8.16. The number of amides is 1. The summed E-state index contributed by atoms with van der Waals surface area (Å²) >= 11 is 1.36. The molecule has 0 N–H and O–H groups in total. The van der Waals surface area contributed by atoms with Gasteiger partial charge in [-0.15, -0.1) is 0 Å². The van der Waals surface area contributed by atoms with Crippen LogP contribution in [0.1, 0.15) is 20.3 Å². The Morgan fingerprint density at radius 1 is 1.33 bits per heavy atom. The highest BCUT2D eigenvalue weighted by Gasteiger charge is 2.50. The Morgan fingerprint density at radius 2 is 2.07 bits per heavy atom. The van der Waals surface area contributed by atoms with Gasteiger partial charge in [0.05, 0.1) is 37.5 Å². The summed E-state index contributed by atoms with van der Waals surface area (Å²) < 4.78 is 35.1. The van der Waals surface area contributed by atoms with Gasteiger partial charge in [-0.05, 0) is 18.6 Å². The van der Waals surface area contributed by atoms with Crippen molar-refractivity contribution in [3.8, 4) is 11.5 Å². The molecule has 2 aliphatic rings. The van der Waals surface area contributed by atoms with Crippen molar-refractivity contribution in [1.82, 2.24) is 0 Å². The molecular weight excluding hydrogens is 388 g/mol. The molecule has 7 nitrogen and oxygen atoms in total. The van der Waals surface area contributed by atoms with Crippen molar-refractivity contribution >= 4 is 38.4 Å². The second kappa shape index (κ2) is 7.71. The number of sulfone groups is 1. The molecule has 0 spiro atoms. The normalized spacial score (nSPS) is 26.1. The number of hydrogen-bond acceptors (Lipinski definition) is 6. The van der Waals surface area contributed by atoms with Crippen molar-refractivity contribution in [2.24, 2.45) is 10.9 Å². The number of benzene rings is 1. The first-order valence-corrected chi connectivity index (χ1v) is 11.5. The van der Waals surface area contributed by atoms with E-state index in [9.17, 15) is 13.2 Å². The van der Waals surface area contributed by atoms with E-state index in [0.29, 0.717) is 28.8 Å². The van der Waals surface area contributed by atoms with Gasteiger partial charge in [-0.1, -0.05) is 25.6 Å². The van der Waals surface area contributed by atoms with E-state index in [4.69, 9.17) is 9.47 Å². The number of methoxy groups -OCH3 is 2. The molecule has 0 unspecified atom stereocenters. The summed E-state index contributed by atoms with van der Waals surface area (Å²) in [6, 6.07) is 5.07. The molecule has 2 saturated heterocycles. The molecule has 0 saturated carbocycles. The molecule has 3 atom stereocenters. The van der Waals surface area contributed by atoms with Gasteiger partial charge in [0.2, 0.25) is 0 Å². The van der Waals surface area contributed by atoms with Gasteiger partial charge < -0.3 is 14.4 Å². The summed E-state index contributed by atoms with van der Waals surface area (Å²) in [6.07, 6.45) is 0.702. The molecule has 27 heavy (non-hydrogen) atoms. The summed E-state index contributed by atoms with van der Waals surface area (Å²) in [5, 5.41) is 0.388. The van der Waals surface area contributed by atoms with E-state index in [1.54, 1.807) is 26.4 Å². The molecule has 1 aromatic carbocycles. The molecule has 3 rings (SSSR count). The zero-order chi connectivity index (χ0) is 19.8. The number of nitrogens with zero attached hydrogens (tertiary/aromatic N) is 2. The van der Waals surface area contributed by atoms with Gasteiger partial charge in [-0.3, -0.25) is 4.79 Å². The fourth-order valence-corrected chi connectivity index (χ4v) is 7.12. The topological polar surface area (TPSA) is 85.3 Å². The van der Waals surface area contributed by atoms with Gasteiger partial charge in [-0.25, -0.2) is 8.42 Å². The first-order chi connectivity index (χ1) is 12.8. The van der Waals surface area contributed by atoms with Crippen molar-refractivity contribution in [2.75, 3.05) is 30.6 Å². The molecule has 2 aliphatic heterocycles. The minimum Gasteiger partial charge on any atom is -0.497 e. The molecule has 0 aliphatic carbocycles. The third-order valence-corrected chi connectivity index (χ3v) is 8.16. The number of hydrogen-bond donors (Lipinski definition) is 0. The number of rotatable bonds is 5. The molecule has 2 fully saturated rings. The van der Waals surface area contributed by atoms with Gasteiger partial charge >= 0.3 is 0 Å². The Bertz CT molecular complexity index is 869. The number of ether oxygens (including phenoxy) is 2. The Hall–Kier alpha value is -1.74.